The number of aryl methyl sites for hydroxylation is 1. The minimum atomic E-state index is -1.03. The minimum Gasteiger partial charge on any atom is -0.478 e. The highest BCUT2D eigenvalue weighted by molar-refractivity contribution is 9.10. The van der Waals surface area contributed by atoms with Gasteiger partial charge in [-0.05, 0) is 25.1 Å². The molecule has 0 fully saturated rings. The number of hydrogen-bond donors (Lipinski definition) is 1. The molecule has 0 atom stereocenters. The number of rotatable bonds is 2. The summed E-state index contributed by atoms with van der Waals surface area (Å²) in [5.41, 5.74) is 1.51. The van der Waals surface area contributed by atoms with E-state index in [1.807, 2.05) is 0 Å². The molecule has 0 aliphatic heterocycles. The van der Waals surface area contributed by atoms with E-state index in [1.54, 1.807) is 25.1 Å². The number of aromatic carboxylic acids is 1. The van der Waals surface area contributed by atoms with Crippen LogP contribution in [0.15, 0.2) is 28.9 Å². The maximum atomic E-state index is 10.9. The summed E-state index contributed by atoms with van der Waals surface area (Å²) in [7, 11) is 0. The number of nitriles is 1. The number of carbonyl (C=O) groups is 1. The quantitative estimate of drug-likeness (QED) is 0.924. The molecule has 1 aromatic carbocycles. The monoisotopic (exact) mass is 305 g/mol. The average molecular weight is 306 g/mol. The summed E-state index contributed by atoms with van der Waals surface area (Å²) in [6.07, 6.45) is 1.40. The Morgan fingerprint density at radius 3 is 2.83 bits per heavy atom. The molecular weight excluding hydrogens is 298 g/mol. The predicted octanol–water partition coefficient (Wildman–Crippen LogP) is 2.51. The number of benzene rings is 1. The fraction of sp³-hybridized carbons (Fsp3) is 0.0833. The van der Waals surface area contributed by atoms with Gasteiger partial charge in [-0.15, -0.1) is 0 Å². The van der Waals surface area contributed by atoms with Crippen LogP contribution in [0.2, 0.25) is 0 Å². The van der Waals surface area contributed by atoms with E-state index in [9.17, 15) is 4.79 Å². The van der Waals surface area contributed by atoms with Gasteiger partial charge in [-0.1, -0.05) is 15.9 Å². The number of carboxylic acid groups (broad SMARTS) is 1. The van der Waals surface area contributed by atoms with Crippen LogP contribution in [0.1, 0.15) is 21.6 Å². The van der Waals surface area contributed by atoms with Gasteiger partial charge >= 0.3 is 5.97 Å². The van der Waals surface area contributed by atoms with E-state index >= 15 is 0 Å². The Morgan fingerprint density at radius 2 is 2.28 bits per heavy atom. The van der Waals surface area contributed by atoms with Crippen molar-refractivity contribution in [1.82, 2.24) is 9.78 Å². The fourth-order valence-corrected chi connectivity index (χ4v) is 1.95. The van der Waals surface area contributed by atoms with Crippen molar-refractivity contribution in [3.05, 3.63) is 45.7 Å². The number of aromatic nitrogens is 2. The second kappa shape index (κ2) is 4.63. The van der Waals surface area contributed by atoms with Crippen molar-refractivity contribution in [3.63, 3.8) is 0 Å². The normalized spacial score (nSPS) is 10.1. The first-order valence-electron chi connectivity index (χ1n) is 5.02. The summed E-state index contributed by atoms with van der Waals surface area (Å²) in [6, 6.07) is 7.19. The standard InChI is InChI=1S/C12H8BrN3O2/c1-7-10(12(17)18)6-16(15-7)11-3-2-9(13)4-8(11)5-14/h2-4,6H,1H3,(H,17,18). The third kappa shape index (κ3) is 2.13. The molecule has 0 amide bonds. The van der Waals surface area contributed by atoms with Crippen LogP contribution in [-0.2, 0) is 0 Å². The van der Waals surface area contributed by atoms with Gasteiger partial charge in [0.25, 0.3) is 0 Å². The summed E-state index contributed by atoms with van der Waals surface area (Å²) in [4.78, 5) is 10.9. The molecule has 90 valence electrons. The molecule has 5 nitrogen and oxygen atoms in total. The Bertz CT molecular complexity index is 670. The molecule has 1 heterocycles. The molecular formula is C12H8BrN3O2. The van der Waals surface area contributed by atoms with Gasteiger partial charge in [-0.2, -0.15) is 10.4 Å². The molecule has 0 aliphatic rings. The van der Waals surface area contributed by atoms with Crippen LogP contribution in [0.3, 0.4) is 0 Å². The van der Waals surface area contributed by atoms with Gasteiger partial charge in [0.2, 0.25) is 0 Å². The van der Waals surface area contributed by atoms with Crippen molar-refractivity contribution in [2.75, 3.05) is 0 Å². The van der Waals surface area contributed by atoms with Crippen LogP contribution in [0.25, 0.3) is 5.69 Å². The van der Waals surface area contributed by atoms with Crippen LogP contribution in [0.5, 0.6) is 0 Å². The molecule has 2 aromatic rings. The number of carboxylic acids is 1. The fourth-order valence-electron chi connectivity index (χ4n) is 1.59. The molecule has 6 heteroatoms. The largest absolute Gasteiger partial charge is 0.478 e. The molecule has 0 saturated carbocycles. The Balaban J connectivity index is 2.60. The molecule has 0 spiro atoms. The van der Waals surface area contributed by atoms with Crippen molar-refractivity contribution in [3.8, 4) is 11.8 Å². The van der Waals surface area contributed by atoms with E-state index < -0.39 is 5.97 Å². The van der Waals surface area contributed by atoms with Crippen molar-refractivity contribution in [1.29, 1.82) is 5.26 Å². The molecule has 2 rings (SSSR count). The first-order chi connectivity index (χ1) is 8.52. The summed E-state index contributed by atoms with van der Waals surface area (Å²) < 4.78 is 2.19. The van der Waals surface area contributed by atoms with Crippen molar-refractivity contribution >= 4 is 21.9 Å². The molecule has 0 radical (unpaired) electrons. The third-order valence-electron chi connectivity index (χ3n) is 2.46. The zero-order valence-electron chi connectivity index (χ0n) is 9.38. The highest BCUT2D eigenvalue weighted by atomic mass is 79.9. The number of hydrogen-bond acceptors (Lipinski definition) is 3. The first-order valence-corrected chi connectivity index (χ1v) is 5.82. The van der Waals surface area contributed by atoms with Gasteiger partial charge in [0.05, 0.1) is 16.9 Å². The van der Waals surface area contributed by atoms with Crippen molar-refractivity contribution < 1.29 is 9.90 Å². The molecule has 18 heavy (non-hydrogen) atoms. The Morgan fingerprint density at radius 1 is 1.56 bits per heavy atom. The van der Waals surface area contributed by atoms with Crippen LogP contribution in [-0.4, -0.2) is 20.9 Å². The zero-order valence-corrected chi connectivity index (χ0v) is 11.0. The minimum absolute atomic E-state index is 0.127. The van der Waals surface area contributed by atoms with Crippen LogP contribution in [0, 0.1) is 18.3 Å². The van der Waals surface area contributed by atoms with Gasteiger partial charge in [0.1, 0.15) is 11.6 Å². The maximum absolute atomic E-state index is 10.9. The van der Waals surface area contributed by atoms with E-state index in [0.717, 1.165) is 4.47 Å². The van der Waals surface area contributed by atoms with E-state index in [0.29, 0.717) is 16.9 Å². The van der Waals surface area contributed by atoms with E-state index in [1.165, 1.54) is 10.9 Å². The molecule has 0 aliphatic carbocycles. The Kier molecular flexibility index (Phi) is 3.17. The van der Waals surface area contributed by atoms with Gasteiger partial charge < -0.3 is 5.11 Å². The Hall–Kier alpha value is -2.13. The number of nitrogens with zero attached hydrogens (tertiary/aromatic N) is 3. The summed E-state index contributed by atoms with van der Waals surface area (Å²) in [5, 5.41) is 22.1. The smallest absolute Gasteiger partial charge is 0.339 e. The second-order valence-electron chi connectivity index (χ2n) is 3.65. The summed E-state index contributed by atoms with van der Waals surface area (Å²) in [5.74, 6) is -1.03. The number of halogens is 1. The maximum Gasteiger partial charge on any atom is 0.339 e. The SMILES string of the molecule is Cc1nn(-c2ccc(Br)cc2C#N)cc1C(=O)O. The molecule has 1 aromatic heterocycles. The van der Waals surface area contributed by atoms with Crippen molar-refractivity contribution in [2.24, 2.45) is 0 Å². The lowest BCUT2D eigenvalue weighted by molar-refractivity contribution is 0.0696. The van der Waals surface area contributed by atoms with Crippen molar-refractivity contribution in [2.45, 2.75) is 6.92 Å². The van der Waals surface area contributed by atoms with Crippen LogP contribution < -0.4 is 0 Å². The summed E-state index contributed by atoms with van der Waals surface area (Å²) >= 11 is 3.28. The predicted molar refractivity (Wildman–Crippen MR) is 67.7 cm³/mol. The lowest BCUT2D eigenvalue weighted by atomic mass is 10.2. The zero-order chi connectivity index (χ0) is 13.3. The average Bonchev–Trinajstić information content (AvgIpc) is 2.71. The molecule has 0 saturated heterocycles. The van der Waals surface area contributed by atoms with E-state index in [2.05, 4.69) is 27.1 Å². The molecule has 0 unspecified atom stereocenters. The topological polar surface area (TPSA) is 78.9 Å². The summed E-state index contributed by atoms with van der Waals surface area (Å²) in [6.45, 7) is 1.62. The molecule has 0 bridgehead atoms. The van der Waals surface area contributed by atoms with Gasteiger partial charge in [-0.3, -0.25) is 0 Å². The lowest BCUT2D eigenvalue weighted by Crippen LogP contribution is -1.98. The van der Waals surface area contributed by atoms with Gasteiger partial charge in [-0.25, -0.2) is 9.48 Å². The highest BCUT2D eigenvalue weighted by Gasteiger charge is 2.14. The highest BCUT2D eigenvalue weighted by Crippen LogP contribution is 2.20. The molecule has 1 N–H and O–H groups in total. The van der Waals surface area contributed by atoms with Gasteiger partial charge in [0.15, 0.2) is 0 Å². The van der Waals surface area contributed by atoms with Gasteiger partial charge in [0, 0.05) is 10.7 Å². The van der Waals surface area contributed by atoms with Crippen LogP contribution >= 0.6 is 15.9 Å². The van der Waals surface area contributed by atoms with Crippen LogP contribution in [0.4, 0.5) is 0 Å². The first kappa shape index (κ1) is 12.3. The third-order valence-corrected chi connectivity index (χ3v) is 2.95. The van der Waals surface area contributed by atoms with E-state index in [4.69, 9.17) is 10.4 Å². The van der Waals surface area contributed by atoms with E-state index in [-0.39, 0.29) is 5.56 Å². The Labute approximate surface area is 111 Å². The lowest BCUT2D eigenvalue weighted by Gasteiger charge is -2.03. The second-order valence-corrected chi connectivity index (χ2v) is 4.57.